The molecule has 1 aliphatic heterocycles. The topological polar surface area (TPSA) is 94.9 Å². The molecule has 0 aliphatic carbocycles. The van der Waals surface area contributed by atoms with Crippen LogP contribution in [0.25, 0.3) is 0 Å². The van der Waals surface area contributed by atoms with Crippen LogP contribution in [0.15, 0.2) is 30.3 Å². The Bertz CT molecular complexity index is 633. The van der Waals surface area contributed by atoms with Crippen LogP contribution in [0, 0.1) is 0 Å². The predicted octanol–water partition coefficient (Wildman–Crippen LogP) is 2.22. The number of unbranched alkanes of at least 4 members (excludes halogenated alkanes) is 1. The number of carboxylic acid groups (broad SMARTS) is 1. The van der Waals surface area contributed by atoms with Crippen molar-refractivity contribution in [2.45, 2.75) is 50.7 Å². The molecule has 1 amide bonds. The summed E-state index contributed by atoms with van der Waals surface area (Å²) in [6, 6.07) is 7.27. The van der Waals surface area contributed by atoms with E-state index >= 15 is 0 Å². The van der Waals surface area contributed by atoms with Crippen molar-refractivity contribution in [2.75, 3.05) is 6.54 Å². The third-order valence-corrected chi connectivity index (χ3v) is 6.85. The van der Waals surface area contributed by atoms with Crippen LogP contribution in [0.1, 0.15) is 39.0 Å². The summed E-state index contributed by atoms with van der Waals surface area (Å²) in [7, 11) is -3.93. The molecule has 1 aromatic carbocycles. The van der Waals surface area contributed by atoms with Crippen LogP contribution in [-0.2, 0) is 14.2 Å². The van der Waals surface area contributed by atoms with E-state index in [0.717, 1.165) is 6.42 Å². The Hall–Kier alpha value is -1.65. The predicted molar refractivity (Wildman–Crippen MR) is 91.6 cm³/mol. The number of carboxylic acids is 1. The maximum atomic E-state index is 13.1. The zero-order valence-corrected chi connectivity index (χ0v) is 14.7. The molecule has 1 fully saturated rings. The largest absolute Gasteiger partial charge is 0.480 e. The molecule has 0 saturated carbocycles. The standard InChI is InChI=1S/C17H24NO5P/c1-2-3-11-15(24(22,23)13-8-5-4-6-9-13)16(19)18-12-7-10-14(18)17(20)21/h4-6,8-9,14-15H,2-3,7,10-12H2,1H3,(H,20,21)(H,22,23)/t14-,15?/m0/s1. The van der Waals surface area contributed by atoms with E-state index in [0.29, 0.717) is 25.8 Å². The van der Waals surface area contributed by atoms with Gasteiger partial charge in [0.1, 0.15) is 11.7 Å². The highest BCUT2D eigenvalue weighted by Crippen LogP contribution is 2.48. The van der Waals surface area contributed by atoms with Gasteiger partial charge in [-0.05, 0) is 31.4 Å². The first kappa shape index (κ1) is 18.7. The Balaban J connectivity index is 2.32. The fourth-order valence-electron chi connectivity index (χ4n) is 3.15. The molecule has 2 rings (SSSR count). The summed E-state index contributed by atoms with van der Waals surface area (Å²) in [5.41, 5.74) is -1.08. The van der Waals surface area contributed by atoms with Gasteiger partial charge in [0, 0.05) is 11.8 Å². The number of aliphatic carboxylic acids is 1. The Kier molecular flexibility index (Phi) is 6.19. The zero-order valence-electron chi connectivity index (χ0n) is 13.8. The summed E-state index contributed by atoms with van der Waals surface area (Å²) in [5.74, 6) is -1.56. The molecule has 1 heterocycles. The average Bonchev–Trinajstić information content (AvgIpc) is 3.05. The number of likely N-dealkylation sites (tertiary alicyclic amines) is 1. The summed E-state index contributed by atoms with van der Waals surface area (Å²) in [6.45, 7) is 2.27. The van der Waals surface area contributed by atoms with E-state index in [1.54, 1.807) is 30.3 Å². The number of carbonyl (C=O) groups is 2. The summed E-state index contributed by atoms with van der Waals surface area (Å²) in [5, 5.41) is 9.53. The van der Waals surface area contributed by atoms with Gasteiger partial charge in [-0.15, -0.1) is 0 Å². The third-order valence-electron chi connectivity index (χ3n) is 4.49. The smallest absolute Gasteiger partial charge is 0.326 e. The molecule has 132 valence electrons. The first-order valence-corrected chi connectivity index (χ1v) is 10.0. The molecular formula is C17H24NO5P. The molecule has 0 aromatic heterocycles. The minimum absolute atomic E-state index is 0.241. The van der Waals surface area contributed by atoms with Crippen molar-refractivity contribution in [1.82, 2.24) is 4.90 Å². The lowest BCUT2D eigenvalue weighted by Crippen LogP contribution is -2.46. The van der Waals surface area contributed by atoms with Crippen LogP contribution in [0.3, 0.4) is 0 Å². The van der Waals surface area contributed by atoms with Gasteiger partial charge in [-0.2, -0.15) is 0 Å². The number of hydrogen-bond donors (Lipinski definition) is 2. The third kappa shape index (κ3) is 3.87. The van der Waals surface area contributed by atoms with Gasteiger partial charge >= 0.3 is 5.97 Å². The molecule has 6 nitrogen and oxygen atoms in total. The maximum Gasteiger partial charge on any atom is 0.326 e. The second-order valence-corrected chi connectivity index (χ2v) is 8.53. The molecule has 1 saturated heterocycles. The monoisotopic (exact) mass is 353 g/mol. The molecular weight excluding hydrogens is 329 g/mol. The van der Waals surface area contributed by atoms with Crippen molar-refractivity contribution in [3.05, 3.63) is 30.3 Å². The summed E-state index contributed by atoms with van der Waals surface area (Å²) in [4.78, 5) is 36.2. The lowest BCUT2D eigenvalue weighted by molar-refractivity contribution is -0.148. The molecule has 1 aromatic rings. The number of amides is 1. The van der Waals surface area contributed by atoms with Gasteiger partial charge in [0.15, 0.2) is 0 Å². The van der Waals surface area contributed by atoms with E-state index in [-0.39, 0.29) is 11.7 Å². The molecule has 3 atom stereocenters. The van der Waals surface area contributed by atoms with Crippen LogP contribution in [0.2, 0.25) is 0 Å². The minimum Gasteiger partial charge on any atom is -0.480 e. The first-order chi connectivity index (χ1) is 11.4. The van der Waals surface area contributed by atoms with Crippen molar-refractivity contribution in [2.24, 2.45) is 0 Å². The Morgan fingerprint density at radius 1 is 1.33 bits per heavy atom. The molecule has 0 spiro atoms. The quantitative estimate of drug-likeness (QED) is 0.733. The normalized spacial score (nSPS) is 21.2. The molecule has 2 unspecified atom stereocenters. The molecule has 1 aliphatic rings. The Morgan fingerprint density at radius 3 is 2.58 bits per heavy atom. The molecule has 0 radical (unpaired) electrons. The zero-order chi connectivity index (χ0) is 17.7. The Morgan fingerprint density at radius 2 is 2.00 bits per heavy atom. The number of hydrogen-bond acceptors (Lipinski definition) is 3. The van der Waals surface area contributed by atoms with Crippen LogP contribution < -0.4 is 5.30 Å². The van der Waals surface area contributed by atoms with E-state index in [9.17, 15) is 24.2 Å². The lowest BCUT2D eigenvalue weighted by atomic mass is 10.1. The lowest BCUT2D eigenvalue weighted by Gasteiger charge is -2.29. The Labute approximate surface area is 141 Å². The van der Waals surface area contributed by atoms with Crippen LogP contribution in [-0.4, -0.2) is 45.0 Å². The van der Waals surface area contributed by atoms with Gasteiger partial charge in [-0.3, -0.25) is 9.36 Å². The SMILES string of the molecule is CCCCC(C(=O)N1CCC[C@H]1C(=O)O)P(=O)(O)c1ccccc1. The van der Waals surface area contributed by atoms with Crippen molar-refractivity contribution in [3.8, 4) is 0 Å². The van der Waals surface area contributed by atoms with Gasteiger partial charge < -0.3 is 14.9 Å². The fraction of sp³-hybridized carbons (Fsp3) is 0.529. The number of carbonyl (C=O) groups excluding carboxylic acids is 1. The summed E-state index contributed by atoms with van der Waals surface area (Å²) < 4.78 is 13.1. The van der Waals surface area contributed by atoms with Crippen molar-refractivity contribution in [3.63, 3.8) is 0 Å². The first-order valence-electron chi connectivity index (χ1n) is 8.31. The fourth-order valence-corrected chi connectivity index (χ4v) is 5.09. The van der Waals surface area contributed by atoms with Crippen LogP contribution in [0.4, 0.5) is 0 Å². The number of rotatable bonds is 7. The maximum absolute atomic E-state index is 13.1. The van der Waals surface area contributed by atoms with Crippen LogP contribution in [0.5, 0.6) is 0 Å². The van der Waals surface area contributed by atoms with Gasteiger partial charge in [0.25, 0.3) is 0 Å². The van der Waals surface area contributed by atoms with Crippen molar-refractivity contribution < 1.29 is 24.2 Å². The summed E-state index contributed by atoms with van der Waals surface area (Å²) >= 11 is 0. The van der Waals surface area contributed by atoms with Gasteiger partial charge in [-0.1, -0.05) is 38.0 Å². The highest BCUT2D eigenvalue weighted by atomic mass is 31.2. The number of nitrogens with zero attached hydrogens (tertiary/aromatic N) is 1. The van der Waals surface area contributed by atoms with E-state index in [1.807, 2.05) is 6.92 Å². The second-order valence-electron chi connectivity index (χ2n) is 6.14. The minimum atomic E-state index is -3.93. The van der Waals surface area contributed by atoms with Crippen molar-refractivity contribution in [1.29, 1.82) is 0 Å². The van der Waals surface area contributed by atoms with Crippen LogP contribution >= 0.6 is 7.37 Å². The highest BCUT2D eigenvalue weighted by Gasteiger charge is 2.44. The second kappa shape index (κ2) is 7.95. The van der Waals surface area contributed by atoms with Gasteiger partial charge in [0.2, 0.25) is 13.3 Å². The van der Waals surface area contributed by atoms with E-state index in [1.165, 1.54) is 4.90 Å². The molecule has 24 heavy (non-hydrogen) atoms. The van der Waals surface area contributed by atoms with E-state index in [2.05, 4.69) is 0 Å². The number of benzene rings is 1. The van der Waals surface area contributed by atoms with Gasteiger partial charge in [-0.25, -0.2) is 4.79 Å². The average molecular weight is 353 g/mol. The van der Waals surface area contributed by atoms with E-state index in [4.69, 9.17) is 0 Å². The van der Waals surface area contributed by atoms with Gasteiger partial charge in [0.05, 0.1) is 0 Å². The van der Waals surface area contributed by atoms with E-state index < -0.39 is 30.9 Å². The molecule has 7 heteroatoms. The van der Waals surface area contributed by atoms with Crippen molar-refractivity contribution >= 4 is 24.5 Å². The molecule has 2 N–H and O–H groups in total. The summed E-state index contributed by atoms with van der Waals surface area (Å²) in [6.07, 6.45) is 2.70. The highest BCUT2D eigenvalue weighted by molar-refractivity contribution is 7.67. The molecule has 0 bridgehead atoms.